The van der Waals surface area contributed by atoms with E-state index in [2.05, 4.69) is 0 Å². The number of morpholine rings is 1. The molecule has 1 aromatic rings. The average molecular weight is 306 g/mol. The van der Waals surface area contributed by atoms with Crippen molar-refractivity contribution in [1.29, 1.82) is 0 Å². The number of carbonyl (C=O) groups is 2. The number of amides is 2. The molecule has 6 heteroatoms. The van der Waals surface area contributed by atoms with Gasteiger partial charge in [0.2, 0.25) is 0 Å². The minimum Gasteiger partial charge on any atom is -0.372 e. The lowest BCUT2D eigenvalue weighted by atomic mass is 10.1. The van der Waals surface area contributed by atoms with Gasteiger partial charge in [-0.3, -0.25) is 14.5 Å². The van der Waals surface area contributed by atoms with E-state index >= 15 is 0 Å². The van der Waals surface area contributed by atoms with E-state index in [-0.39, 0.29) is 24.0 Å². The molecule has 112 valence electrons. The van der Waals surface area contributed by atoms with Crippen molar-refractivity contribution in [3.05, 3.63) is 28.1 Å². The van der Waals surface area contributed by atoms with Crippen LogP contribution in [0.5, 0.6) is 0 Å². The Morgan fingerprint density at radius 1 is 1.19 bits per heavy atom. The van der Waals surface area contributed by atoms with Crippen molar-refractivity contribution in [2.45, 2.75) is 26.1 Å². The highest BCUT2D eigenvalue weighted by Crippen LogP contribution is 2.34. The largest absolute Gasteiger partial charge is 0.372 e. The number of carbonyl (C=O) groups excluding carboxylic acids is 2. The molecule has 5 nitrogen and oxygen atoms in total. The molecule has 21 heavy (non-hydrogen) atoms. The highest BCUT2D eigenvalue weighted by Gasteiger charge is 2.41. The third-order valence-electron chi connectivity index (χ3n) is 3.77. The summed E-state index contributed by atoms with van der Waals surface area (Å²) < 4.78 is 5.72. The summed E-state index contributed by atoms with van der Waals surface area (Å²) in [6.45, 7) is 5.22. The number of nitrogens with zero attached hydrogens (tertiary/aromatic N) is 2. The predicted molar refractivity (Wildman–Crippen MR) is 80.6 cm³/mol. The SMILES string of the molecule is CC1CN(C2=C(c3cccs3)C(=O)N(C)C2=O)CC(C)O1. The van der Waals surface area contributed by atoms with Crippen LogP contribution in [0.25, 0.3) is 5.57 Å². The summed E-state index contributed by atoms with van der Waals surface area (Å²) in [6.07, 6.45) is 0.0827. The third kappa shape index (κ3) is 2.38. The maximum absolute atomic E-state index is 12.5. The van der Waals surface area contributed by atoms with Gasteiger partial charge in [-0.25, -0.2) is 0 Å². The van der Waals surface area contributed by atoms with Crippen LogP contribution in [0.4, 0.5) is 0 Å². The Bertz CT molecular complexity index is 598. The summed E-state index contributed by atoms with van der Waals surface area (Å²) in [7, 11) is 1.54. The molecular weight excluding hydrogens is 288 g/mol. The normalized spacial score (nSPS) is 27.0. The van der Waals surface area contributed by atoms with Gasteiger partial charge in [0, 0.05) is 25.0 Å². The molecule has 3 rings (SSSR count). The van der Waals surface area contributed by atoms with E-state index in [1.807, 2.05) is 36.3 Å². The highest BCUT2D eigenvalue weighted by atomic mass is 32.1. The summed E-state index contributed by atoms with van der Waals surface area (Å²) in [4.78, 5) is 29.0. The number of thiophene rings is 1. The van der Waals surface area contributed by atoms with Crippen molar-refractivity contribution < 1.29 is 14.3 Å². The lowest BCUT2D eigenvalue weighted by Gasteiger charge is -2.37. The van der Waals surface area contributed by atoms with Crippen LogP contribution in [0, 0.1) is 0 Å². The van der Waals surface area contributed by atoms with Crippen LogP contribution in [0.1, 0.15) is 18.7 Å². The molecule has 2 amide bonds. The Labute approximate surface area is 127 Å². The molecule has 1 fully saturated rings. The summed E-state index contributed by atoms with van der Waals surface area (Å²) >= 11 is 1.48. The molecule has 2 unspecified atom stereocenters. The zero-order valence-electron chi connectivity index (χ0n) is 12.3. The number of imide groups is 1. The molecule has 0 bridgehead atoms. The second-order valence-electron chi connectivity index (χ2n) is 5.53. The predicted octanol–water partition coefficient (Wildman–Crippen LogP) is 1.57. The first-order valence-corrected chi connectivity index (χ1v) is 7.88. The van der Waals surface area contributed by atoms with E-state index in [1.165, 1.54) is 16.2 Å². The van der Waals surface area contributed by atoms with Gasteiger partial charge in [0.05, 0.1) is 17.8 Å². The second-order valence-corrected chi connectivity index (χ2v) is 6.48. The third-order valence-corrected chi connectivity index (χ3v) is 4.65. The quantitative estimate of drug-likeness (QED) is 0.778. The fourth-order valence-corrected chi connectivity index (χ4v) is 3.69. The Hall–Kier alpha value is -1.66. The molecule has 0 saturated carbocycles. The summed E-state index contributed by atoms with van der Waals surface area (Å²) in [5.41, 5.74) is 1.05. The average Bonchev–Trinajstić information content (AvgIpc) is 3.00. The molecule has 2 atom stereocenters. The van der Waals surface area contributed by atoms with Crippen LogP contribution in [-0.4, -0.2) is 54.0 Å². The van der Waals surface area contributed by atoms with Crippen LogP contribution in [0.3, 0.4) is 0 Å². The first-order valence-electron chi connectivity index (χ1n) is 7.00. The number of hydrogen-bond donors (Lipinski definition) is 0. The molecule has 2 aliphatic heterocycles. The lowest BCUT2D eigenvalue weighted by molar-refractivity contribution is -0.136. The monoisotopic (exact) mass is 306 g/mol. The molecule has 1 aromatic heterocycles. The second kappa shape index (κ2) is 5.27. The minimum absolute atomic E-state index is 0.0413. The molecule has 0 radical (unpaired) electrons. The Morgan fingerprint density at radius 2 is 1.86 bits per heavy atom. The van der Waals surface area contributed by atoms with E-state index < -0.39 is 0 Å². The van der Waals surface area contributed by atoms with Crippen LogP contribution < -0.4 is 0 Å². The summed E-state index contributed by atoms with van der Waals surface area (Å²) in [5.74, 6) is -0.436. The number of rotatable bonds is 2. The van der Waals surface area contributed by atoms with Crippen molar-refractivity contribution in [3.63, 3.8) is 0 Å². The van der Waals surface area contributed by atoms with Gasteiger partial charge < -0.3 is 9.64 Å². The van der Waals surface area contributed by atoms with E-state index in [9.17, 15) is 9.59 Å². The van der Waals surface area contributed by atoms with Gasteiger partial charge in [0.25, 0.3) is 11.8 Å². The molecule has 3 heterocycles. The van der Waals surface area contributed by atoms with Crippen LogP contribution in [-0.2, 0) is 14.3 Å². The van der Waals surface area contributed by atoms with Crippen molar-refractivity contribution in [3.8, 4) is 0 Å². The number of hydrogen-bond acceptors (Lipinski definition) is 5. The Balaban J connectivity index is 2.06. The van der Waals surface area contributed by atoms with Gasteiger partial charge >= 0.3 is 0 Å². The molecule has 0 N–H and O–H groups in total. The zero-order chi connectivity index (χ0) is 15.1. The first-order chi connectivity index (χ1) is 9.99. The number of ether oxygens (including phenoxy) is 1. The van der Waals surface area contributed by atoms with E-state index in [0.29, 0.717) is 24.4 Å². The minimum atomic E-state index is -0.218. The highest BCUT2D eigenvalue weighted by molar-refractivity contribution is 7.11. The van der Waals surface area contributed by atoms with Gasteiger partial charge in [-0.05, 0) is 25.3 Å². The fourth-order valence-electron chi connectivity index (χ4n) is 2.92. The topological polar surface area (TPSA) is 49.9 Å². The van der Waals surface area contributed by atoms with Crippen LogP contribution in [0.15, 0.2) is 23.2 Å². The molecule has 0 spiro atoms. The smallest absolute Gasteiger partial charge is 0.277 e. The van der Waals surface area contributed by atoms with Crippen molar-refractivity contribution >= 4 is 28.7 Å². The molecular formula is C15H18N2O3S. The number of likely N-dealkylation sites (N-methyl/N-ethyl adjacent to an activating group) is 1. The molecule has 2 aliphatic rings. The van der Waals surface area contributed by atoms with E-state index in [1.54, 1.807) is 7.05 Å². The van der Waals surface area contributed by atoms with E-state index in [0.717, 1.165) is 4.88 Å². The summed E-state index contributed by atoms with van der Waals surface area (Å²) in [5, 5.41) is 1.92. The van der Waals surface area contributed by atoms with Crippen LogP contribution >= 0.6 is 11.3 Å². The van der Waals surface area contributed by atoms with Crippen molar-refractivity contribution in [1.82, 2.24) is 9.80 Å². The van der Waals surface area contributed by atoms with Gasteiger partial charge in [0.1, 0.15) is 5.70 Å². The molecule has 1 saturated heterocycles. The summed E-state index contributed by atoms with van der Waals surface area (Å²) in [6, 6.07) is 3.78. The van der Waals surface area contributed by atoms with Gasteiger partial charge in [-0.1, -0.05) is 6.07 Å². The van der Waals surface area contributed by atoms with Gasteiger partial charge in [-0.2, -0.15) is 0 Å². The van der Waals surface area contributed by atoms with Crippen molar-refractivity contribution in [2.24, 2.45) is 0 Å². The van der Waals surface area contributed by atoms with Crippen LogP contribution in [0.2, 0.25) is 0 Å². The van der Waals surface area contributed by atoms with Gasteiger partial charge in [0.15, 0.2) is 0 Å². The Kier molecular flexibility index (Phi) is 3.59. The van der Waals surface area contributed by atoms with Crippen molar-refractivity contribution in [2.75, 3.05) is 20.1 Å². The fraction of sp³-hybridized carbons (Fsp3) is 0.467. The molecule has 0 aliphatic carbocycles. The zero-order valence-corrected chi connectivity index (χ0v) is 13.1. The standard InChI is InChI=1S/C15H18N2O3S/c1-9-7-17(8-10(2)20-9)13-12(11-5-4-6-21-11)14(18)16(3)15(13)19/h4-6,9-10H,7-8H2,1-3H3. The Morgan fingerprint density at radius 3 is 2.43 bits per heavy atom. The maximum atomic E-state index is 12.5. The first kappa shape index (κ1) is 14.3. The molecule has 0 aromatic carbocycles. The maximum Gasteiger partial charge on any atom is 0.277 e. The lowest BCUT2D eigenvalue weighted by Crippen LogP contribution is -2.46. The van der Waals surface area contributed by atoms with Gasteiger partial charge in [-0.15, -0.1) is 11.3 Å². The van der Waals surface area contributed by atoms with E-state index in [4.69, 9.17) is 4.74 Å².